The van der Waals surface area contributed by atoms with Crippen LogP contribution in [0.3, 0.4) is 0 Å². The molecule has 7 nitrogen and oxygen atoms in total. The third-order valence-corrected chi connectivity index (χ3v) is 2.76. The normalized spacial score (nSPS) is 10.8. The van der Waals surface area contributed by atoms with Gasteiger partial charge in [0, 0.05) is 11.8 Å². The molecule has 0 amide bonds. The Morgan fingerprint density at radius 1 is 1.50 bits per heavy atom. The molecule has 0 bridgehead atoms. The molecule has 7 heteroatoms. The smallest absolute Gasteiger partial charge is 0.350 e. The molecule has 0 radical (unpaired) electrons. The topological polar surface area (TPSA) is 106 Å². The second-order valence-corrected chi connectivity index (χ2v) is 4.26. The molecule has 3 N–H and O–H groups in total. The molecule has 0 aliphatic carbocycles. The molecule has 0 aliphatic heterocycles. The van der Waals surface area contributed by atoms with Crippen molar-refractivity contribution in [3.63, 3.8) is 0 Å². The van der Waals surface area contributed by atoms with Gasteiger partial charge < -0.3 is 15.9 Å². The molecule has 22 heavy (non-hydrogen) atoms. The first kappa shape index (κ1) is 15.1. The van der Waals surface area contributed by atoms with Gasteiger partial charge in [0.25, 0.3) is 0 Å². The SMILES string of the molecule is CCOC(=O)/C(C#N)=C/Nc1nc(-c2ccccc2)cn1N. The van der Waals surface area contributed by atoms with E-state index >= 15 is 0 Å². The molecule has 0 atom stereocenters. The molecule has 0 spiro atoms. The Balaban J connectivity index is 2.19. The second-order valence-electron chi connectivity index (χ2n) is 4.26. The minimum absolute atomic E-state index is 0.161. The summed E-state index contributed by atoms with van der Waals surface area (Å²) in [6, 6.07) is 11.3. The highest BCUT2D eigenvalue weighted by Gasteiger charge is 2.11. The fraction of sp³-hybridized carbons (Fsp3) is 0.133. The standard InChI is InChI=1S/C15H15N5O2/c1-2-22-14(21)12(8-16)9-18-15-19-13(10-20(15)17)11-6-4-3-5-7-11/h3-7,9-10H,2,17H2,1H3,(H,18,19)/b12-9+. The van der Waals surface area contributed by atoms with Crippen molar-refractivity contribution >= 4 is 11.9 Å². The van der Waals surface area contributed by atoms with Crippen molar-refractivity contribution in [1.82, 2.24) is 9.66 Å². The van der Waals surface area contributed by atoms with Gasteiger partial charge in [-0.25, -0.2) is 14.5 Å². The van der Waals surface area contributed by atoms with E-state index in [2.05, 4.69) is 10.3 Å². The lowest BCUT2D eigenvalue weighted by Crippen LogP contribution is -2.12. The number of rotatable bonds is 5. The predicted octanol–water partition coefficient (Wildman–Crippen LogP) is 1.65. The van der Waals surface area contributed by atoms with Crippen molar-refractivity contribution < 1.29 is 9.53 Å². The summed E-state index contributed by atoms with van der Waals surface area (Å²) in [7, 11) is 0. The van der Waals surface area contributed by atoms with Crippen LogP contribution in [0.1, 0.15) is 6.92 Å². The van der Waals surface area contributed by atoms with Crippen molar-refractivity contribution in [1.29, 1.82) is 5.26 Å². The van der Waals surface area contributed by atoms with Crippen LogP contribution in [0, 0.1) is 11.3 Å². The summed E-state index contributed by atoms with van der Waals surface area (Å²) in [6.07, 6.45) is 2.86. The third kappa shape index (κ3) is 3.43. The molecule has 0 unspecified atom stereocenters. The Labute approximate surface area is 127 Å². The number of hydrogen-bond acceptors (Lipinski definition) is 6. The van der Waals surface area contributed by atoms with Crippen molar-refractivity contribution in [2.75, 3.05) is 17.8 Å². The Morgan fingerprint density at radius 2 is 2.23 bits per heavy atom. The zero-order valence-electron chi connectivity index (χ0n) is 12.0. The fourth-order valence-corrected chi connectivity index (χ4v) is 1.73. The monoisotopic (exact) mass is 297 g/mol. The summed E-state index contributed by atoms with van der Waals surface area (Å²) in [6.45, 7) is 1.86. The van der Waals surface area contributed by atoms with Crippen LogP contribution in [-0.2, 0) is 9.53 Å². The van der Waals surface area contributed by atoms with Crippen LogP contribution in [-0.4, -0.2) is 22.2 Å². The zero-order chi connectivity index (χ0) is 15.9. The van der Waals surface area contributed by atoms with Gasteiger partial charge in [-0.15, -0.1) is 0 Å². The maximum Gasteiger partial charge on any atom is 0.350 e. The first-order valence-corrected chi connectivity index (χ1v) is 6.59. The summed E-state index contributed by atoms with van der Waals surface area (Å²) in [5, 5.41) is 11.7. The molecule has 0 aliphatic rings. The number of nitrogens with one attached hydrogen (secondary N) is 1. The molecule has 0 fully saturated rings. The van der Waals surface area contributed by atoms with E-state index < -0.39 is 5.97 Å². The summed E-state index contributed by atoms with van der Waals surface area (Å²) in [5.74, 6) is 5.41. The first-order valence-electron chi connectivity index (χ1n) is 6.59. The number of esters is 1. The first-order chi connectivity index (χ1) is 10.7. The van der Waals surface area contributed by atoms with E-state index in [4.69, 9.17) is 15.8 Å². The molecule has 2 rings (SSSR count). The van der Waals surface area contributed by atoms with E-state index in [0.717, 1.165) is 5.56 Å². The summed E-state index contributed by atoms with van der Waals surface area (Å²) in [5.41, 5.74) is 1.42. The molecular formula is C15H15N5O2. The highest BCUT2D eigenvalue weighted by atomic mass is 16.5. The van der Waals surface area contributed by atoms with Crippen molar-refractivity contribution in [2.45, 2.75) is 6.92 Å². The van der Waals surface area contributed by atoms with Gasteiger partial charge in [-0.05, 0) is 6.92 Å². The van der Waals surface area contributed by atoms with Gasteiger partial charge in [0.15, 0.2) is 5.57 Å². The van der Waals surface area contributed by atoms with Crippen LogP contribution in [0.2, 0.25) is 0 Å². The molecule has 112 valence electrons. The van der Waals surface area contributed by atoms with Crippen LogP contribution in [0.15, 0.2) is 48.3 Å². The van der Waals surface area contributed by atoms with Gasteiger partial charge in [-0.3, -0.25) is 0 Å². The molecule has 1 aromatic heterocycles. The molecule has 1 heterocycles. The van der Waals surface area contributed by atoms with Crippen LogP contribution in [0.4, 0.5) is 5.95 Å². The zero-order valence-corrected chi connectivity index (χ0v) is 12.0. The second kappa shape index (κ2) is 6.95. The quantitative estimate of drug-likeness (QED) is 0.376. The van der Waals surface area contributed by atoms with Gasteiger partial charge in [-0.2, -0.15) is 5.26 Å². The third-order valence-electron chi connectivity index (χ3n) is 2.76. The molecule has 2 aromatic rings. The average molecular weight is 297 g/mol. The predicted molar refractivity (Wildman–Crippen MR) is 81.8 cm³/mol. The lowest BCUT2D eigenvalue weighted by Gasteiger charge is -2.02. The van der Waals surface area contributed by atoms with E-state index in [1.54, 1.807) is 19.2 Å². The molecule has 0 saturated heterocycles. The van der Waals surface area contributed by atoms with Crippen LogP contribution >= 0.6 is 0 Å². The van der Waals surface area contributed by atoms with Crippen LogP contribution in [0.5, 0.6) is 0 Å². The maximum absolute atomic E-state index is 11.5. The minimum atomic E-state index is -0.698. The van der Waals surface area contributed by atoms with E-state index in [0.29, 0.717) is 11.6 Å². The number of nitrogens with two attached hydrogens (primary N) is 1. The lowest BCUT2D eigenvalue weighted by atomic mass is 10.2. The maximum atomic E-state index is 11.5. The number of nitrogen functional groups attached to an aromatic ring is 1. The van der Waals surface area contributed by atoms with E-state index in [1.807, 2.05) is 30.3 Å². The highest BCUT2D eigenvalue weighted by Crippen LogP contribution is 2.19. The number of aromatic nitrogens is 2. The van der Waals surface area contributed by atoms with Crippen molar-refractivity contribution in [3.05, 3.63) is 48.3 Å². The Bertz CT molecular complexity index is 728. The summed E-state index contributed by atoms with van der Waals surface area (Å²) < 4.78 is 6.04. The number of imidazole rings is 1. The fourth-order valence-electron chi connectivity index (χ4n) is 1.73. The van der Waals surface area contributed by atoms with E-state index in [-0.39, 0.29) is 12.2 Å². The molecule has 0 saturated carbocycles. The number of nitrogens with zero attached hydrogens (tertiary/aromatic N) is 3. The Kier molecular flexibility index (Phi) is 4.78. The van der Waals surface area contributed by atoms with Gasteiger partial charge >= 0.3 is 5.97 Å². The van der Waals surface area contributed by atoms with Crippen LogP contribution in [0.25, 0.3) is 11.3 Å². The lowest BCUT2D eigenvalue weighted by molar-refractivity contribution is -0.138. The summed E-state index contributed by atoms with van der Waals surface area (Å²) >= 11 is 0. The van der Waals surface area contributed by atoms with Gasteiger partial charge in [0.05, 0.1) is 18.5 Å². The number of hydrogen-bond donors (Lipinski definition) is 2. The van der Waals surface area contributed by atoms with Crippen molar-refractivity contribution in [2.24, 2.45) is 0 Å². The van der Waals surface area contributed by atoms with Crippen molar-refractivity contribution in [3.8, 4) is 17.3 Å². The van der Waals surface area contributed by atoms with Crippen LogP contribution < -0.4 is 11.2 Å². The molecule has 1 aromatic carbocycles. The minimum Gasteiger partial charge on any atom is -0.462 e. The number of benzene rings is 1. The number of carbonyl (C=O) groups is 1. The van der Waals surface area contributed by atoms with Gasteiger partial charge in [0.1, 0.15) is 6.07 Å². The van der Waals surface area contributed by atoms with Gasteiger partial charge in [-0.1, -0.05) is 30.3 Å². The summed E-state index contributed by atoms with van der Waals surface area (Å²) in [4.78, 5) is 15.8. The number of anilines is 1. The largest absolute Gasteiger partial charge is 0.462 e. The molecular weight excluding hydrogens is 282 g/mol. The average Bonchev–Trinajstić information content (AvgIpc) is 2.90. The number of ether oxygens (including phenoxy) is 1. The Morgan fingerprint density at radius 3 is 2.86 bits per heavy atom. The number of carbonyl (C=O) groups excluding carboxylic acids is 1. The van der Waals surface area contributed by atoms with E-state index in [1.165, 1.54) is 10.9 Å². The van der Waals surface area contributed by atoms with E-state index in [9.17, 15) is 4.79 Å². The highest BCUT2D eigenvalue weighted by molar-refractivity contribution is 5.93. The Hall–Kier alpha value is -3.27. The van der Waals surface area contributed by atoms with Gasteiger partial charge in [0.2, 0.25) is 5.95 Å². The number of nitriles is 1.